The Morgan fingerprint density at radius 1 is 1.47 bits per heavy atom. The molecule has 1 aromatic carbocycles. The Morgan fingerprint density at radius 3 is 2.71 bits per heavy atom. The number of esters is 1. The van der Waals surface area contributed by atoms with E-state index in [-0.39, 0.29) is 11.3 Å². The molecule has 1 rings (SSSR count). The van der Waals surface area contributed by atoms with Gasteiger partial charge in [0.1, 0.15) is 6.61 Å². The van der Waals surface area contributed by atoms with Crippen LogP contribution in [0.5, 0.6) is 0 Å². The van der Waals surface area contributed by atoms with E-state index in [2.05, 4.69) is 4.74 Å². The van der Waals surface area contributed by atoms with E-state index in [0.29, 0.717) is 0 Å². The fourth-order valence-electron chi connectivity index (χ4n) is 1.02. The first kappa shape index (κ1) is 14.2. The van der Waals surface area contributed by atoms with Crippen molar-refractivity contribution in [2.45, 2.75) is 0 Å². The number of rotatable bonds is 4. The smallest absolute Gasteiger partial charge is 0.340 e. The van der Waals surface area contributed by atoms with E-state index in [0.717, 1.165) is 3.57 Å². The van der Waals surface area contributed by atoms with E-state index in [1.54, 1.807) is 12.1 Å². The minimum atomic E-state index is -4.38. The van der Waals surface area contributed by atoms with Crippen molar-refractivity contribution in [2.75, 3.05) is 18.1 Å². The van der Waals surface area contributed by atoms with Gasteiger partial charge in [0.25, 0.3) is 0 Å². The van der Waals surface area contributed by atoms with E-state index >= 15 is 0 Å². The summed E-state index contributed by atoms with van der Waals surface area (Å²) >= 11 is 2.00. The summed E-state index contributed by atoms with van der Waals surface area (Å²) in [6.45, 7) is -0.477. The molecule has 0 aromatic heterocycles. The number of benzene rings is 1. The van der Waals surface area contributed by atoms with E-state index in [4.69, 9.17) is 5.73 Å². The number of ether oxygens (including phenoxy) is 1. The summed E-state index contributed by atoms with van der Waals surface area (Å²) in [5.74, 6) is -1.49. The maximum Gasteiger partial charge on any atom is 0.340 e. The summed E-state index contributed by atoms with van der Waals surface area (Å²) in [6.07, 6.45) is 0. The molecule has 0 amide bonds. The predicted molar refractivity (Wildman–Crippen MR) is 68.4 cm³/mol. The molecule has 1 aromatic rings. The molecule has 0 fully saturated rings. The number of halogens is 1. The summed E-state index contributed by atoms with van der Waals surface area (Å²) in [4.78, 5) is 11.5. The lowest BCUT2D eigenvalue weighted by Crippen LogP contribution is -2.16. The molecule has 94 valence electrons. The lowest BCUT2D eigenvalue weighted by Gasteiger charge is -2.09. The summed E-state index contributed by atoms with van der Waals surface area (Å²) in [5, 5.41) is 0. The largest absolute Gasteiger partial charge is 0.748 e. The molecule has 0 radical (unpaired) electrons. The average Bonchev–Trinajstić information content (AvgIpc) is 2.19. The second-order valence-electron chi connectivity index (χ2n) is 3.13. The summed E-state index contributed by atoms with van der Waals surface area (Å²) in [5.41, 5.74) is 5.95. The van der Waals surface area contributed by atoms with Crippen LogP contribution in [-0.2, 0) is 14.9 Å². The highest BCUT2D eigenvalue weighted by Crippen LogP contribution is 2.16. The van der Waals surface area contributed by atoms with E-state index in [1.807, 2.05) is 22.6 Å². The zero-order valence-electron chi connectivity index (χ0n) is 8.55. The molecular weight excluding hydrogens is 361 g/mol. The van der Waals surface area contributed by atoms with Crippen molar-refractivity contribution >= 4 is 44.4 Å². The number of carbonyl (C=O) groups excluding carboxylic acids is 1. The molecule has 6 nitrogen and oxygen atoms in total. The zero-order chi connectivity index (χ0) is 13.1. The van der Waals surface area contributed by atoms with E-state index in [1.165, 1.54) is 6.07 Å². The van der Waals surface area contributed by atoms with Crippen molar-refractivity contribution in [3.63, 3.8) is 0 Å². The third-order valence-electron chi connectivity index (χ3n) is 1.80. The Morgan fingerprint density at radius 2 is 2.12 bits per heavy atom. The van der Waals surface area contributed by atoms with E-state index < -0.39 is 28.4 Å². The quantitative estimate of drug-likeness (QED) is 0.359. The fourth-order valence-corrected chi connectivity index (χ4v) is 1.80. The van der Waals surface area contributed by atoms with Crippen LogP contribution in [0.4, 0.5) is 5.69 Å². The van der Waals surface area contributed by atoms with Gasteiger partial charge < -0.3 is 15.0 Å². The molecule has 0 aliphatic rings. The van der Waals surface area contributed by atoms with Crippen molar-refractivity contribution < 1.29 is 22.5 Å². The highest BCUT2D eigenvalue weighted by atomic mass is 127. The Balaban J connectivity index is 2.67. The van der Waals surface area contributed by atoms with Crippen LogP contribution in [0, 0.1) is 3.57 Å². The maximum absolute atomic E-state index is 11.5. The van der Waals surface area contributed by atoms with Gasteiger partial charge >= 0.3 is 5.97 Å². The molecule has 0 aliphatic carbocycles. The van der Waals surface area contributed by atoms with Crippen LogP contribution in [0.25, 0.3) is 0 Å². The van der Waals surface area contributed by atoms with Gasteiger partial charge in [0.15, 0.2) is 0 Å². The van der Waals surface area contributed by atoms with Crippen LogP contribution in [0.15, 0.2) is 18.2 Å². The monoisotopic (exact) mass is 370 g/mol. The Labute approximate surface area is 112 Å². The Bertz CT molecular complexity index is 528. The minimum absolute atomic E-state index is 0.153. The molecule has 0 aliphatic heterocycles. The van der Waals surface area contributed by atoms with Crippen molar-refractivity contribution in [1.29, 1.82) is 0 Å². The van der Waals surface area contributed by atoms with Crippen molar-refractivity contribution in [3.05, 3.63) is 27.3 Å². The first-order valence-electron chi connectivity index (χ1n) is 4.45. The molecular formula is C9H9INO5S-. The third kappa shape index (κ3) is 4.88. The SMILES string of the molecule is Nc1ccc(I)cc1C(=O)OCCS(=O)(=O)[O-]. The number of carbonyl (C=O) groups is 1. The number of nitrogen functional groups attached to an aromatic ring is 1. The van der Waals surface area contributed by atoms with Crippen molar-refractivity contribution in [3.8, 4) is 0 Å². The standard InChI is InChI=1S/C9H10INO5S/c10-6-1-2-8(11)7(5-6)9(12)16-3-4-17(13,14)15/h1-2,5H,3-4,11H2,(H,13,14,15)/p-1. The third-order valence-corrected chi connectivity index (χ3v) is 3.14. The van der Waals surface area contributed by atoms with Gasteiger partial charge in [-0.25, -0.2) is 13.2 Å². The fraction of sp³-hybridized carbons (Fsp3) is 0.222. The molecule has 2 N–H and O–H groups in total. The normalized spacial score (nSPS) is 11.2. The molecule has 0 saturated heterocycles. The van der Waals surface area contributed by atoms with Crippen LogP contribution in [0.3, 0.4) is 0 Å². The molecule has 0 unspecified atom stereocenters. The van der Waals surface area contributed by atoms with Crippen LogP contribution in [0.1, 0.15) is 10.4 Å². The molecule has 0 spiro atoms. The number of anilines is 1. The van der Waals surface area contributed by atoms with Crippen LogP contribution in [0.2, 0.25) is 0 Å². The molecule has 0 atom stereocenters. The average molecular weight is 370 g/mol. The van der Waals surface area contributed by atoms with Crippen molar-refractivity contribution in [1.82, 2.24) is 0 Å². The molecule has 0 saturated carbocycles. The van der Waals surface area contributed by atoms with Gasteiger partial charge in [-0.15, -0.1) is 0 Å². The van der Waals surface area contributed by atoms with Gasteiger partial charge in [0.2, 0.25) is 0 Å². The first-order chi connectivity index (χ1) is 7.79. The Kier molecular flexibility index (Phi) is 4.71. The second-order valence-corrected chi connectivity index (χ2v) is 5.90. The summed E-state index contributed by atoms with van der Waals surface area (Å²) in [7, 11) is -4.38. The molecule has 8 heteroatoms. The predicted octanol–water partition coefficient (Wildman–Crippen LogP) is 0.575. The summed E-state index contributed by atoms with van der Waals surface area (Å²) < 4.78 is 36.3. The topological polar surface area (TPSA) is 110 Å². The Hall–Kier alpha value is -0.870. The van der Waals surface area contributed by atoms with Gasteiger partial charge in [-0.1, -0.05) is 0 Å². The number of hydrogen-bond donors (Lipinski definition) is 1. The second kappa shape index (κ2) is 5.65. The van der Waals surface area contributed by atoms with Crippen LogP contribution in [-0.4, -0.2) is 31.3 Å². The minimum Gasteiger partial charge on any atom is -0.748 e. The van der Waals surface area contributed by atoms with Gasteiger partial charge in [-0.2, -0.15) is 0 Å². The lowest BCUT2D eigenvalue weighted by molar-refractivity contribution is 0.0529. The van der Waals surface area contributed by atoms with Gasteiger partial charge in [-0.05, 0) is 40.8 Å². The highest BCUT2D eigenvalue weighted by molar-refractivity contribution is 14.1. The van der Waals surface area contributed by atoms with E-state index in [9.17, 15) is 17.8 Å². The molecule has 0 heterocycles. The van der Waals surface area contributed by atoms with Crippen molar-refractivity contribution in [2.24, 2.45) is 0 Å². The number of hydrogen-bond acceptors (Lipinski definition) is 6. The van der Waals surface area contributed by atoms with Gasteiger partial charge in [0.05, 0.1) is 21.4 Å². The highest BCUT2D eigenvalue weighted by Gasteiger charge is 2.12. The van der Waals surface area contributed by atoms with Crippen LogP contribution < -0.4 is 5.73 Å². The number of nitrogens with two attached hydrogens (primary N) is 1. The van der Waals surface area contributed by atoms with Crippen LogP contribution >= 0.6 is 22.6 Å². The molecule has 17 heavy (non-hydrogen) atoms. The van der Waals surface area contributed by atoms with Gasteiger partial charge in [-0.3, -0.25) is 0 Å². The molecule has 0 bridgehead atoms. The summed E-state index contributed by atoms with van der Waals surface area (Å²) in [6, 6.07) is 4.78. The maximum atomic E-state index is 11.5. The lowest BCUT2D eigenvalue weighted by atomic mass is 10.2. The first-order valence-corrected chi connectivity index (χ1v) is 7.11. The zero-order valence-corrected chi connectivity index (χ0v) is 11.5. The van der Waals surface area contributed by atoms with Gasteiger partial charge in [0, 0.05) is 9.26 Å².